The lowest BCUT2D eigenvalue weighted by atomic mass is 10.1. The normalized spacial score (nSPS) is 12.5. The molecule has 36 heavy (non-hydrogen) atoms. The fourth-order valence-corrected chi connectivity index (χ4v) is 4.03. The minimum absolute atomic E-state index is 0.211. The summed E-state index contributed by atoms with van der Waals surface area (Å²) >= 11 is 1.45. The summed E-state index contributed by atoms with van der Waals surface area (Å²) in [5.41, 5.74) is 1.00. The highest BCUT2D eigenvalue weighted by atomic mass is 32.1. The number of carbonyl (C=O) groups is 1. The first-order valence-corrected chi connectivity index (χ1v) is 11.2. The molecule has 194 valence electrons. The van der Waals surface area contributed by atoms with E-state index in [2.05, 4.69) is 20.8 Å². The molecule has 2 aromatic carbocycles. The van der Waals surface area contributed by atoms with Gasteiger partial charge in [0.15, 0.2) is 0 Å². The Morgan fingerprint density at radius 2 is 1.53 bits per heavy atom. The molecular weight excluding hydrogens is 514 g/mol. The quantitative estimate of drug-likeness (QED) is 0.100. The average molecular weight is 534 g/mol. The van der Waals surface area contributed by atoms with Gasteiger partial charge < -0.3 is 9.47 Å². The molecule has 12 heteroatoms. The third kappa shape index (κ3) is 8.25. The first-order valence-electron chi connectivity index (χ1n) is 10.4. The number of thiophene rings is 1. The predicted octanol–water partition coefficient (Wildman–Crippen LogP) is 7.23. The number of rotatable bonds is 13. The number of ether oxygens (including phenoxy) is 4. The van der Waals surface area contributed by atoms with Crippen molar-refractivity contribution in [3.05, 3.63) is 67.3 Å². The molecule has 0 aliphatic heterocycles. The molecule has 0 saturated carbocycles. The zero-order chi connectivity index (χ0) is 26.4. The van der Waals surface area contributed by atoms with E-state index in [1.807, 2.05) is 36.4 Å². The zero-order valence-corrected chi connectivity index (χ0v) is 19.3. The maximum Gasteiger partial charge on any atom is 0.494 e. The fourth-order valence-electron chi connectivity index (χ4n) is 2.93. The summed E-state index contributed by atoms with van der Waals surface area (Å²) in [4.78, 5) is 11.8. The van der Waals surface area contributed by atoms with Gasteiger partial charge in [-0.3, -0.25) is 0 Å². The molecule has 0 aliphatic carbocycles. The Hall–Kier alpha value is -3.09. The summed E-state index contributed by atoms with van der Waals surface area (Å²) in [6.45, 7) is 1.25. The lowest BCUT2D eigenvalue weighted by molar-refractivity contribution is -0.514. The van der Waals surface area contributed by atoms with Gasteiger partial charge in [-0.15, -0.1) is 20.1 Å². The molecule has 0 unspecified atom stereocenters. The van der Waals surface area contributed by atoms with Gasteiger partial charge in [-0.2, -0.15) is 17.6 Å². The number of benzene rings is 2. The van der Waals surface area contributed by atoms with Crippen molar-refractivity contribution < 1.29 is 50.1 Å². The van der Waals surface area contributed by atoms with E-state index < -0.39 is 50.5 Å². The number of alkyl halides is 6. The van der Waals surface area contributed by atoms with Crippen LogP contribution in [0.2, 0.25) is 0 Å². The Morgan fingerprint density at radius 1 is 0.889 bits per heavy atom. The van der Waals surface area contributed by atoms with E-state index in [4.69, 9.17) is 4.74 Å². The van der Waals surface area contributed by atoms with Crippen LogP contribution in [0.3, 0.4) is 0 Å². The summed E-state index contributed by atoms with van der Waals surface area (Å²) in [6.07, 6.45) is -16.7. The molecule has 0 radical (unpaired) electrons. The van der Waals surface area contributed by atoms with Crippen molar-refractivity contribution in [2.45, 2.75) is 31.4 Å². The van der Waals surface area contributed by atoms with Gasteiger partial charge in [0, 0.05) is 15.7 Å². The van der Waals surface area contributed by atoms with Crippen LogP contribution in [0.5, 0.6) is 5.75 Å². The van der Waals surface area contributed by atoms with Gasteiger partial charge in [0.1, 0.15) is 5.75 Å². The minimum Gasteiger partial charge on any atom is -0.493 e. The van der Waals surface area contributed by atoms with Crippen molar-refractivity contribution in [3.63, 3.8) is 0 Å². The smallest absolute Gasteiger partial charge is 0.493 e. The van der Waals surface area contributed by atoms with Crippen molar-refractivity contribution in [3.8, 4) is 16.2 Å². The molecule has 1 heterocycles. The van der Waals surface area contributed by atoms with Crippen LogP contribution < -0.4 is 4.74 Å². The topological polar surface area (TPSA) is 54.0 Å². The molecule has 0 atom stereocenters. The van der Waals surface area contributed by atoms with Gasteiger partial charge >= 0.3 is 24.5 Å². The van der Waals surface area contributed by atoms with Crippen LogP contribution in [0, 0.1) is 0 Å². The average Bonchev–Trinajstić information content (AvgIpc) is 3.21. The summed E-state index contributed by atoms with van der Waals surface area (Å²) < 4.78 is 98.4. The van der Waals surface area contributed by atoms with Crippen LogP contribution in [0.15, 0.2) is 67.3 Å². The number of hydrogen-bond donors (Lipinski definition) is 0. The maximum atomic E-state index is 13.9. The van der Waals surface area contributed by atoms with Crippen molar-refractivity contribution >= 4 is 27.4 Å². The number of esters is 1. The molecule has 1 aromatic heterocycles. The molecule has 0 fully saturated rings. The Labute approximate surface area is 205 Å². The summed E-state index contributed by atoms with van der Waals surface area (Å²) in [5, 5.41) is 0.900. The molecule has 5 nitrogen and oxygen atoms in total. The van der Waals surface area contributed by atoms with E-state index in [-0.39, 0.29) is 5.75 Å². The summed E-state index contributed by atoms with van der Waals surface area (Å²) in [7, 11) is 0. The van der Waals surface area contributed by atoms with Crippen LogP contribution in [0.1, 0.15) is 12.8 Å². The highest BCUT2D eigenvalue weighted by Gasteiger charge is 2.52. The van der Waals surface area contributed by atoms with E-state index in [1.165, 1.54) is 17.4 Å². The molecule has 0 aliphatic rings. The third-order valence-electron chi connectivity index (χ3n) is 4.55. The number of hydrogen-bond acceptors (Lipinski definition) is 6. The summed E-state index contributed by atoms with van der Waals surface area (Å²) in [5.74, 6) is -0.862. The van der Waals surface area contributed by atoms with Crippen molar-refractivity contribution in [1.82, 2.24) is 0 Å². The standard InChI is InChI=1S/C24H20F6O5S/c1-2-21(31)33-13-11-23(27,28)35-24(29,30)34-22(25,26)10-12-32-18-9-8-17-14-19(36-20(17)15-18)16-6-4-3-5-7-16/h2-9,14-15H,1,10-13H2. The van der Waals surface area contributed by atoms with Crippen LogP contribution in [-0.2, 0) is 19.0 Å². The molecule has 3 rings (SSSR count). The second-order valence-electron chi connectivity index (χ2n) is 7.34. The lowest BCUT2D eigenvalue weighted by Gasteiger charge is -2.26. The van der Waals surface area contributed by atoms with Crippen molar-refractivity contribution in [2.24, 2.45) is 0 Å². The van der Waals surface area contributed by atoms with E-state index >= 15 is 0 Å². The van der Waals surface area contributed by atoms with Crippen LogP contribution in [0.4, 0.5) is 26.3 Å². The number of halogens is 6. The lowest BCUT2D eigenvalue weighted by Crippen LogP contribution is -2.41. The number of fused-ring (bicyclic) bond motifs is 1. The Balaban J connectivity index is 1.52. The Kier molecular flexibility index (Phi) is 8.64. The second kappa shape index (κ2) is 11.3. The van der Waals surface area contributed by atoms with Crippen molar-refractivity contribution in [2.75, 3.05) is 13.2 Å². The molecule has 3 aromatic rings. The Morgan fingerprint density at radius 3 is 2.17 bits per heavy atom. The van der Waals surface area contributed by atoms with Crippen LogP contribution in [-0.4, -0.2) is 37.7 Å². The largest absolute Gasteiger partial charge is 0.494 e. The Bertz CT molecular complexity index is 1180. The molecule has 0 saturated heterocycles. The van der Waals surface area contributed by atoms with E-state index in [9.17, 15) is 31.1 Å². The molecule has 0 spiro atoms. The molecular formula is C24H20F6O5S. The van der Waals surface area contributed by atoms with E-state index in [1.54, 1.807) is 12.1 Å². The monoisotopic (exact) mass is 534 g/mol. The first kappa shape index (κ1) is 27.5. The second-order valence-corrected chi connectivity index (χ2v) is 8.42. The van der Waals surface area contributed by atoms with Gasteiger partial charge in [0.05, 0.1) is 26.1 Å². The van der Waals surface area contributed by atoms with Gasteiger partial charge in [-0.05, 0) is 35.2 Å². The number of carbonyl (C=O) groups excluding carboxylic acids is 1. The summed E-state index contributed by atoms with van der Waals surface area (Å²) in [6, 6.07) is 16.4. The highest BCUT2D eigenvalue weighted by Crippen LogP contribution is 2.37. The van der Waals surface area contributed by atoms with Crippen molar-refractivity contribution in [1.29, 1.82) is 0 Å². The minimum atomic E-state index is -5.33. The van der Waals surface area contributed by atoms with E-state index in [0.29, 0.717) is 6.08 Å². The van der Waals surface area contributed by atoms with Gasteiger partial charge in [-0.1, -0.05) is 36.9 Å². The van der Waals surface area contributed by atoms with E-state index in [0.717, 1.165) is 20.5 Å². The predicted molar refractivity (Wildman–Crippen MR) is 120 cm³/mol. The fraction of sp³-hybridized carbons (Fsp3) is 0.292. The van der Waals surface area contributed by atoms with Gasteiger partial charge in [0.2, 0.25) is 0 Å². The maximum absolute atomic E-state index is 13.9. The van der Waals surface area contributed by atoms with Gasteiger partial charge in [0.25, 0.3) is 0 Å². The molecule has 0 bridgehead atoms. The van der Waals surface area contributed by atoms with Crippen LogP contribution >= 0.6 is 11.3 Å². The highest BCUT2D eigenvalue weighted by molar-refractivity contribution is 7.22. The third-order valence-corrected chi connectivity index (χ3v) is 5.70. The molecule has 0 amide bonds. The first-order chi connectivity index (χ1) is 16.9. The molecule has 0 N–H and O–H groups in total. The zero-order valence-electron chi connectivity index (χ0n) is 18.5. The van der Waals surface area contributed by atoms with Gasteiger partial charge in [-0.25, -0.2) is 14.3 Å². The SMILES string of the molecule is C=CC(=O)OCCC(F)(F)OC(F)(F)OC(F)(F)CCOc1ccc2cc(-c3ccccc3)sc2c1. The van der Waals surface area contributed by atoms with Crippen LogP contribution in [0.25, 0.3) is 20.5 Å².